The molecule has 0 saturated heterocycles. The molecule has 2 aromatic rings. The van der Waals surface area contributed by atoms with Crippen LogP contribution in [0, 0.1) is 0 Å². The smallest absolute Gasteiger partial charge is 0.303 e. The van der Waals surface area contributed by atoms with Crippen molar-refractivity contribution in [3.05, 3.63) is 36.4 Å². The second-order valence-electron chi connectivity index (χ2n) is 8.29. The van der Waals surface area contributed by atoms with Crippen molar-refractivity contribution >= 4 is 5.97 Å². The van der Waals surface area contributed by atoms with E-state index in [2.05, 4.69) is 4.90 Å². The van der Waals surface area contributed by atoms with E-state index in [0.29, 0.717) is 40.9 Å². The monoisotopic (exact) mass is 459 g/mol. The first-order valence-corrected chi connectivity index (χ1v) is 10.8. The molecule has 0 aromatic heterocycles. The average molecular weight is 459 g/mol. The second-order valence-corrected chi connectivity index (χ2v) is 8.29. The van der Waals surface area contributed by atoms with Gasteiger partial charge in [-0.05, 0) is 57.7 Å². The molecule has 2 aliphatic heterocycles. The summed E-state index contributed by atoms with van der Waals surface area (Å²) in [6, 6.07) is 10.7. The van der Waals surface area contributed by atoms with Crippen LogP contribution in [0.25, 0.3) is 0 Å². The molecule has 178 valence electrons. The highest BCUT2D eigenvalue weighted by Crippen LogP contribution is 2.37. The van der Waals surface area contributed by atoms with E-state index in [1.807, 2.05) is 14.1 Å². The predicted octanol–water partition coefficient (Wildman–Crippen LogP) is 3.25. The summed E-state index contributed by atoms with van der Waals surface area (Å²) in [6.45, 7) is 2.82. The van der Waals surface area contributed by atoms with E-state index in [0.717, 1.165) is 13.0 Å². The van der Waals surface area contributed by atoms with E-state index in [-0.39, 0.29) is 26.8 Å². The van der Waals surface area contributed by atoms with Gasteiger partial charge in [0, 0.05) is 19.1 Å². The Kier molecular flexibility index (Phi) is 6.98. The molecule has 0 saturated carbocycles. The number of rotatable bonds is 11. The Morgan fingerprint density at radius 2 is 1.39 bits per heavy atom. The fourth-order valence-corrected chi connectivity index (χ4v) is 3.68. The van der Waals surface area contributed by atoms with E-state index >= 15 is 0 Å². The van der Waals surface area contributed by atoms with Crippen LogP contribution in [0.3, 0.4) is 0 Å². The number of fused-ring (bicyclic) bond motifs is 2. The van der Waals surface area contributed by atoms with Crippen molar-refractivity contribution in [2.75, 3.05) is 47.4 Å². The molecule has 0 N–H and O–H groups in total. The number of hydrogen-bond acceptors (Lipinski definition) is 9. The van der Waals surface area contributed by atoms with Gasteiger partial charge >= 0.3 is 5.97 Å². The largest absolute Gasteiger partial charge is 0.489 e. The first kappa shape index (κ1) is 22.8. The van der Waals surface area contributed by atoms with Crippen molar-refractivity contribution in [1.29, 1.82) is 0 Å². The van der Waals surface area contributed by atoms with Crippen LogP contribution in [-0.4, -0.2) is 63.9 Å². The molecule has 2 heterocycles. The summed E-state index contributed by atoms with van der Waals surface area (Å²) < 4.78 is 39.5. The van der Waals surface area contributed by atoms with Gasteiger partial charge < -0.3 is 38.1 Å². The number of carbonyl (C=O) groups is 1. The Morgan fingerprint density at radius 1 is 0.879 bits per heavy atom. The Balaban J connectivity index is 1.50. The molecule has 2 aliphatic rings. The molecule has 33 heavy (non-hydrogen) atoms. The summed E-state index contributed by atoms with van der Waals surface area (Å²) >= 11 is 0. The van der Waals surface area contributed by atoms with E-state index in [4.69, 9.17) is 33.2 Å². The first-order chi connectivity index (χ1) is 15.9. The summed E-state index contributed by atoms with van der Waals surface area (Å²) in [4.78, 5) is 14.1. The lowest BCUT2D eigenvalue weighted by Gasteiger charge is -2.33. The quantitative estimate of drug-likeness (QED) is 0.470. The average Bonchev–Trinajstić information content (AvgIpc) is 3.44. The Hall–Kier alpha value is -3.33. The zero-order chi connectivity index (χ0) is 23.3. The molecule has 0 aliphatic carbocycles. The van der Waals surface area contributed by atoms with Crippen molar-refractivity contribution in [2.45, 2.75) is 25.4 Å². The molecule has 0 atom stereocenters. The molecule has 0 radical (unpaired) electrons. The van der Waals surface area contributed by atoms with Crippen molar-refractivity contribution in [3.63, 3.8) is 0 Å². The number of ether oxygens (including phenoxy) is 7. The van der Waals surface area contributed by atoms with Crippen LogP contribution in [0.15, 0.2) is 36.4 Å². The molecule has 0 bridgehead atoms. The molecular formula is C24H29NO8. The Labute approximate surface area is 193 Å². The van der Waals surface area contributed by atoms with Gasteiger partial charge in [0.2, 0.25) is 13.6 Å². The van der Waals surface area contributed by atoms with Gasteiger partial charge in [-0.1, -0.05) is 0 Å². The highest BCUT2D eigenvalue weighted by molar-refractivity contribution is 5.66. The van der Waals surface area contributed by atoms with Gasteiger partial charge in [0.05, 0.1) is 0 Å². The van der Waals surface area contributed by atoms with Crippen LogP contribution < -0.4 is 28.4 Å². The minimum absolute atomic E-state index is 0.115. The lowest BCUT2D eigenvalue weighted by Crippen LogP contribution is -2.46. The van der Waals surface area contributed by atoms with Crippen LogP contribution in [0.5, 0.6) is 34.5 Å². The van der Waals surface area contributed by atoms with Crippen molar-refractivity contribution in [1.82, 2.24) is 4.90 Å². The van der Waals surface area contributed by atoms with Gasteiger partial charge in [-0.15, -0.1) is 0 Å². The third-order valence-corrected chi connectivity index (χ3v) is 5.29. The van der Waals surface area contributed by atoms with Crippen molar-refractivity contribution < 1.29 is 38.0 Å². The van der Waals surface area contributed by atoms with Crippen LogP contribution in [0.1, 0.15) is 19.8 Å². The van der Waals surface area contributed by atoms with Crippen LogP contribution in [0.2, 0.25) is 0 Å². The molecule has 9 heteroatoms. The molecule has 9 nitrogen and oxygen atoms in total. The van der Waals surface area contributed by atoms with Gasteiger partial charge in [-0.2, -0.15) is 0 Å². The number of carbonyl (C=O) groups excluding carboxylic acids is 1. The molecule has 0 fully saturated rings. The normalized spacial score (nSPS) is 13.8. The lowest BCUT2D eigenvalue weighted by molar-refractivity contribution is -0.166. The number of esters is 1. The van der Waals surface area contributed by atoms with Gasteiger partial charge in [0.1, 0.15) is 24.7 Å². The maximum absolute atomic E-state index is 12.1. The molecule has 0 unspecified atom stereocenters. The zero-order valence-corrected chi connectivity index (χ0v) is 19.1. The van der Waals surface area contributed by atoms with Gasteiger partial charge in [-0.25, -0.2) is 0 Å². The summed E-state index contributed by atoms with van der Waals surface area (Å²) in [6.07, 6.45) is 1.34. The van der Waals surface area contributed by atoms with E-state index in [1.54, 1.807) is 36.4 Å². The molecule has 4 rings (SSSR count). The van der Waals surface area contributed by atoms with Crippen molar-refractivity contribution in [2.24, 2.45) is 0 Å². The second kappa shape index (κ2) is 10.1. The van der Waals surface area contributed by atoms with Crippen LogP contribution >= 0.6 is 0 Å². The lowest BCUT2D eigenvalue weighted by atomic mass is 9.98. The van der Waals surface area contributed by atoms with Gasteiger partial charge in [0.25, 0.3) is 0 Å². The van der Waals surface area contributed by atoms with E-state index in [9.17, 15) is 4.79 Å². The topological polar surface area (TPSA) is 84.9 Å². The van der Waals surface area contributed by atoms with Gasteiger partial charge in [-0.3, -0.25) is 4.79 Å². The molecule has 0 spiro atoms. The minimum atomic E-state index is -0.991. The summed E-state index contributed by atoms with van der Waals surface area (Å²) in [7, 11) is 4.00. The molecule has 2 aromatic carbocycles. The van der Waals surface area contributed by atoms with Crippen molar-refractivity contribution in [3.8, 4) is 34.5 Å². The van der Waals surface area contributed by atoms with Crippen LogP contribution in [-0.2, 0) is 9.53 Å². The highest BCUT2D eigenvalue weighted by Gasteiger charge is 2.36. The third-order valence-electron chi connectivity index (χ3n) is 5.29. The summed E-state index contributed by atoms with van der Waals surface area (Å²) in [5.41, 5.74) is -0.991. The summed E-state index contributed by atoms with van der Waals surface area (Å²) in [5.74, 6) is 3.36. The Bertz CT molecular complexity index is 915. The standard InChI is InChI=1S/C24H29NO8/c1-17(26)33-24(9-4-10-25(2)3,13-27-18-5-7-20-22(11-18)31-15-29-20)14-28-19-6-8-21-23(12-19)32-16-30-21/h5-8,11-12H,4,9-10,13-16H2,1-3H3. The number of hydrogen-bond donors (Lipinski definition) is 0. The minimum Gasteiger partial charge on any atom is -0.489 e. The number of benzene rings is 2. The predicted molar refractivity (Wildman–Crippen MR) is 118 cm³/mol. The first-order valence-electron chi connectivity index (χ1n) is 10.8. The molecule has 0 amide bonds. The number of nitrogens with zero attached hydrogens (tertiary/aromatic N) is 1. The third kappa shape index (κ3) is 5.92. The van der Waals surface area contributed by atoms with E-state index < -0.39 is 11.6 Å². The SMILES string of the molecule is CC(=O)OC(CCCN(C)C)(COc1ccc2c(c1)OCO2)COc1ccc2c(c1)OCO2. The zero-order valence-electron chi connectivity index (χ0n) is 19.1. The Morgan fingerprint density at radius 3 is 1.88 bits per heavy atom. The highest BCUT2D eigenvalue weighted by atomic mass is 16.7. The van der Waals surface area contributed by atoms with Crippen LogP contribution in [0.4, 0.5) is 0 Å². The van der Waals surface area contributed by atoms with Gasteiger partial charge in [0.15, 0.2) is 28.6 Å². The van der Waals surface area contributed by atoms with E-state index in [1.165, 1.54) is 6.92 Å². The maximum Gasteiger partial charge on any atom is 0.303 e. The maximum atomic E-state index is 12.1. The fourth-order valence-electron chi connectivity index (χ4n) is 3.68. The summed E-state index contributed by atoms with van der Waals surface area (Å²) in [5, 5.41) is 0. The molecular weight excluding hydrogens is 430 g/mol. The fraction of sp³-hybridized carbons (Fsp3) is 0.458.